The lowest BCUT2D eigenvalue weighted by Crippen LogP contribution is -2.09. The van der Waals surface area contributed by atoms with Crippen LogP contribution in [0.1, 0.15) is 11.4 Å². The van der Waals surface area contributed by atoms with Crippen LogP contribution in [0, 0.1) is 19.7 Å². The van der Waals surface area contributed by atoms with Gasteiger partial charge in [0.2, 0.25) is 0 Å². The van der Waals surface area contributed by atoms with Gasteiger partial charge in [-0.1, -0.05) is 0 Å². The van der Waals surface area contributed by atoms with E-state index < -0.39 is 0 Å². The molecule has 22 heavy (non-hydrogen) atoms. The molecule has 3 aromatic rings. The second kappa shape index (κ2) is 5.44. The lowest BCUT2D eigenvalue weighted by atomic mass is 10.3. The third kappa shape index (κ3) is 2.60. The summed E-state index contributed by atoms with van der Waals surface area (Å²) < 4.78 is 14.6. The maximum absolute atomic E-state index is 12.9. The number of nitrogen functional groups attached to an aromatic ring is 1. The topological polar surface area (TPSA) is 81.7 Å². The molecule has 2 aromatic heterocycles. The van der Waals surface area contributed by atoms with Gasteiger partial charge in [-0.2, -0.15) is 5.10 Å². The SMILES string of the molecule is Cc1cc(C)n(-c2ncnc(Nc3ccc(F)cc3)c2N)n1. The Hall–Kier alpha value is -2.96. The molecule has 6 nitrogen and oxygen atoms in total. The van der Waals surface area contributed by atoms with Crippen molar-refractivity contribution in [2.45, 2.75) is 13.8 Å². The monoisotopic (exact) mass is 298 g/mol. The highest BCUT2D eigenvalue weighted by Crippen LogP contribution is 2.25. The van der Waals surface area contributed by atoms with Gasteiger partial charge in [-0.25, -0.2) is 19.0 Å². The molecule has 0 spiro atoms. The second-order valence-electron chi connectivity index (χ2n) is 4.93. The van der Waals surface area contributed by atoms with Crippen LogP contribution in [0.5, 0.6) is 0 Å². The van der Waals surface area contributed by atoms with Gasteiger partial charge < -0.3 is 11.1 Å². The molecule has 0 aliphatic rings. The smallest absolute Gasteiger partial charge is 0.182 e. The molecule has 1 aromatic carbocycles. The van der Waals surface area contributed by atoms with Crippen LogP contribution in [-0.4, -0.2) is 19.7 Å². The molecular weight excluding hydrogens is 283 g/mol. The van der Waals surface area contributed by atoms with Gasteiger partial charge in [-0.3, -0.25) is 0 Å². The maximum Gasteiger partial charge on any atom is 0.182 e. The minimum absolute atomic E-state index is 0.301. The zero-order chi connectivity index (χ0) is 15.7. The zero-order valence-electron chi connectivity index (χ0n) is 12.2. The highest BCUT2D eigenvalue weighted by Gasteiger charge is 2.13. The number of anilines is 3. The molecule has 7 heteroatoms. The van der Waals surface area contributed by atoms with Crippen LogP contribution in [0.25, 0.3) is 5.82 Å². The van der Waals surface area contributed by atoms with E-state index in [1.165, 1.54) is 18.5 Å². The molecule has 0 bridgehead atoms. The summed E-state index contributed by atoms with van der Waals surface area (Å²) in [5.41, 5.74) is 9.01. The summed E-state index contributed by atoms with van der Waals surface area (Å²) in [5.74, 6) is 0.652. The number of hydrogen-bond acceptors (Lipinski definition) is 5. The highest BCUT2D eigenvalue weighted by molar-refractivity contribution is 5.73. The normalized spacial score (nSPS) is 10.7. The first kappa shape index (κ1) is 14.0. The van der Waals surface area contributed by atoms with Crippen molar-refractivity contribution in [1.29, 1.82) is 0 Å². The van der Waals surface area contributed by atoms with Crippen molar-refractivity contribution in [2.75, 3.05) is 11.1 Å². The van der Waals surface area contributed by atoms with Gasteiger partial charge in [0.05, 0.1) is 5.69 Å². The Morgan fingerprint density at radius 1 is 1.14 bits per heavy atom. The molecule has 0 aliphatic heterocycles. The summed E-state index contributed by atoms with van der Waals surface area (Å²) in [4.78, 5) is 8.34. The van der Waals surface area contributed by atoms with E-state index in [2.05, 4.69) is 20.4 Å². The number of benzene rings is 1. The second-order valence-corrected chi connectivity index (χ2v) is 4.93. The van der Waals surface area contributed by atoms with Gasteiger partial charge in [0.1, 0.15) is 17.8 Å². The average molecular weight is 298 g/mol. The lowest BCUT2D eigenvalue weighted by molar-refractivity contribution is 0.628. The van der Waals surface area contributed by atoms with Crippen LogP contribution >= 0.6 is 0 Å². The number of nitrogens with one attached hydrogen (secondary N) is 1. The molecule has 3 rings (SSSR count). The van der Waals surface area contributed by atoms with E-state index in [1.54, 1.807) is 16.8 Å². The first-order chi connectivity index (χ1) is 10.5. The molecule has 2 heterocycles. The van der Waals surface area contributed by atoms with E-state index in [1.807, 2.05) is 19.9 Å². The van der Waals surface area contributed by atoms with Crippen molar-refractivity contribution in [1.82, 2.24) is 19.7 Å². The van der Waals surface area contributed by atoms with E-state index in [0.717, 1.165) is 11.4 Å². The van der Waals surface area contributed by atoms with Crippen LogP contribution in [0.3, 0.4) is 0 Å². The number of nitrogens with two attached hydrogens (primary N) is 1. The Morgan fingerprint density at radius 2 is 1.86 bits per heavy atom. The van der Waals surface area contributed by atoms with E-state index in [0.29, 0.717) is 23.0 Å². The van der Waals surface area contributed by atoms with E-state index >= 15 is 0 Å². The van der Waals surface area contributed by atoms with Gasteiger partial charge in [-0.15, -0.1) is 0 Å². The molecule has 0 unspecified atom stereocenters. The van der Waals surface area contributed by atoms with Gasteiger partial charge >= 0.3 is 0 Å². The predicted octanol–water partition coefficient (Wildman–Crippen LogP) is 2.74. The summed E-state index contributed by atoms with van der Waals surface area (Å²) in [5, 5.41) is 7.42. The standard InChI is InChI=1S/C15H15FN6/c1-9-7-10(2)22(21-9)15-13(17)14(18-8-19-15)20-12-5-3-11(16)4-6-12/h3-8H,17H2,1-2H3,(H,18,19,20). The van der Waals surface area contributed by atoms with Crippen molar-refractivity contribution >= 4 is 17.2 Å². The lowest BCUT2D eigenvalue weighted by Gasteiger charge is -2.12. The van der Waals surface area contributed by atoms with E-state index in [-0.39, 0.29) is 5.82 Å². The van der Waals surface area contributed by atoms with Crippen molar-refractivity contribution < 1.29 is 4.39 Å². The van der Waals surface area contributed by atoms with Crippen molar-refractivity contribution in [3.05, 3.63) is 53.9 Å². The minimum atomic E-state index is -0.301. The fraction of sp³-hybridized carbons (Fsp3) is 0.133. The third-order valence-corrected chi connectivity index (χ3v) is 3.18. The molecule has 112 valence electrons. The van der Waals surface area contributed by atoms with Gasteiger partial charge in [-0.05, 0) is 44.2 Å². The van der Waals surface area contributed by atoms with Crippen LogP contribution in [0.4, 0.5) is 21.6 Å². The summed E-state index contributed by atoms with van der Waals surface area (Å²) in [6.45, 7) is 3.83. The number of aromatic nitrogens is 4. The molecule has 0 saturated heterocycles. The molecule has 3 N–H and O–H groups in total. The van der Waals surface area contributed by atoms with Gasteiger partial charge in [0, 0.05) is 11.4 Å². The van der Waals surface area contributed by atoms with Crippen molar-refractivity contribution in [2.24, 2.45) is 0 Å². The van der Waals surface area contributed by atoms with Crippen molar-refractivity contribution in [3.8, 4) is 5.82 Å². The third-order valence-electron chi connectivity index (χ3n) is 3.18. The minimum Gasteiger partial charge on any atom is -0.393 e. The number of rotatable bonds is 3. The Balaban J connectivity index is 1.98. The molecule has 0 aliphatic carbocycles. The fourth-order valence-electron chi connectivity index (χ4n) is 2.17. The molecular formula is C15H15FN6. The average Bonchev–Trinajstić information content (AvgIpc) is 2.82. The van der Waals surface area contributed by atoms with Crippen LogP contribution < -0.4 is 11.1 Å². The summed E-state index contributed by atoms with van der Waals surface area (Å²) >= 11 is 0. The van der Waals surface area contributed by atoms with Crippen LogP contribution in [0.15, 0.2) is 36.7 Å². The summed E-state index contributed by atoms with van der Waals surface area (Å²) in [7, 11) is 0. The first-order valence-corrected chi connectivity index (χ1v) is 6.71. The molecule has 0 atom stereocenters. The molecule has 0 fully saturated rings. The number of aryl methyl sites for hydroxylation is 2. The zero-order valence-corrected chi connectivity index (χ0v) is 12.2. The number of halogens is 1. The number of nitrogens with zero attached hydrogens (tertiary/aromatic N) is 4. The molecule has 0 radical (unpaired) electrons. The summed E-state index contributed by atoms with van der Waals surface area (Å²) in [6.07, 6.45) is 1.41. The van der Waals surface area contributed by atoms with Gasteiger partial charge in [0.25, 0.3) is 0 Å². The van der Waals surface area contributed by atoms with Crippen LogP contribution in [-0.2, 0) is 0 Å². The highest BCUT2D eigenvalue weighted by atomic mass is 19.1. The van der Waals surface area contributed by atoms with Gasteiger partial charge in [0.15, 0.2) is 11.6 Å². The predicted molar refractivity (Wildman–Crippen MR) is 82.7 cm³/mol. The maximum atomic E-state index is 12.9. The molecule has 0 amide bonds. The largest absolute Gasteiger partial charge is 0.393 e. The number of hydrogen-bond donors (Lipinski definition) is 2. The Morgan fingerprint density at radius 3 is 2.50 bits per heavy atom. The molecule has 0 saturated carbocycles. The van der Waals surface area contributed by atoms with Crippen LogP contribution in [0.2, 0.25) is 0 Å². The first-order valence-electron chi connectivity index (χ1n) is 6.71. The Kier molecular flexibility index (Phi) is 3.46. The Bertz CT molecular complexity index is 809. The van der Waals surface area contributed by atoms with E-state index in [4.69, 9.17) is 5.73 Å². The quantitative estimate of drug-likeness (QED) is 0.777. The fourth-order valence-corrected chi connectivity index (χ4v) is 2.17. The summed E-state index contributed by atoms with van der Waals surface area (Å²) in [6, 6.07) is 7.89. The van der Waals surface area contributed by atoms with Crippen molar-refractivity contribution in [3.63, 3.8) is 0 Å². The van der Waals surface area contributed by atoms with E-state index in [9.17, 15) is 4.39 Å². The Labute approximate surface area is 126 Å².